The minimum Gasteiger partial charge on any atom is -0.454 e. The number of aliphatic hydroxyl groups is 1. The lowest BCUT2D eigenvalue weighted by molar-refractivity contribution is -0.344. The van der Waals surface area contributed by atoms with Crippen LogP contribution in [-0.2, 0) is 47.2 Å². The molecule has 1 aromatic carbocycles. The molecule has 2 saturated carbocycles. The highest BCUT2D eigenvalue weighted by atomic mass is 28.4. The van der Waals surface area contributed by atoms with E-state index in [1.807, 2.05) is 0 Å². The summed E-state index contributed by atoms with van der Waals surface area (Å²) in [6.07, 6.45) is -9.00. The summed E-state index contributed by atoms with van der Waals surface area (Å²) in [5.41, 5.74) is -6.33. The van der Waals surface area contributed by atoms with Gasteiger partial charge in [-0.15, -0.1) is 0 Å². The summed E-state index contributed by atoms with van der Waals surface area (Å²) >= 11 is 0. The minimum absolute atomic E-state index is 0.129. The molecule has 1 N–H and O–H groups in total. The lowest BCUT2D eigenvalue weighted by Crippen LogP contribution is -2.83. The first-order valence-corrected chi connectivity index (χ1v) is 20.7. The third-order valence-electron chi connectivity index (χ3n) is 13.0. The van der Waals surface area contributed by atoms with E-state index in [1.54, 1.807) is 58.0 Å². The number of rotatable bonds is 9. The number of ketones is 1. The van der Waals surface area contributed by atoms with Crippen molar-refractivity contribution in [3.05, 3.63) is 47.0 Å². The summed E-state index contributed by atoms with van der Waals surface area (Å²) < 4.78 is 44.3. The molecule has 10 atom stereocenters. The monoisotopic (exact) mass is 742 g/mol. The molecule has 2 heterocycles. The fourth-order valence-electron chi connectivity index (χ4n) is 10.1. The van der Waals surface area contributed by atoms with Crippen LogP contribution in [0, 0.1) is 16.7 Å². The van der Waals surface area contributed by atoms with Gasteiger partial charge in [-0.2, -0.15) is 0 Å². The number of fused-ring (bicyclic) bond motifs is 4. The summed E-state index contributed by atoms with van der Waals surface area (Å²) in [6, 6.07) is 10.4. The highest BCUT2D eigenvalue weighted by Gasteiger charge is 2.83. The third-order valence-corrected chi connectivity index (χ3v) is 17.6. The van der Waals surface area contributed by atoms with Gasteiger partial charge >= 0.3 is 24.1 Å². The second kappa shape index (κ2) is 13.1. The molecule has 0 amide bonds. The van der Waals surface area contributed by atoms with Crippen molar-refractivity contribution in [2.24, 2.45) is 16.7 Å². The fraction of sp³-hybridized carbons (Fsp3) is 0.658. The van der Waals surface area contributed by atoms with Crippen LogP contribution in [0.2, 0.25) is 18.1 Å². The molecule has 6 rings (SSSR count). The highest BCUT2D eigenvalue weighted by molar-refractivity contribution is 6.73. The summed E-state index contributed by atoms with van der Waals surface area (Å²) in [4.78, 5) is 69.8. The van der Waals surface area contributed by atoms with Crippen LogP contribution >= 0.6 is 0 Å². The molecule has 14 heteroatoms. The van der Waals surface area contributed by atoms with Crippen LogP contribution in [0.3, 0.4) is 0 Å². The molecule has 13 nitrogen and oxygen atoms in total. The predicted molar refractivity (Wildman–Crippen MR) is 185 cm³/mol. The molecule has 52 heavy (non-hydrogen) atoms. The van der Waals surface area contributed by atoms with Crippen LogP contribution in [0.25, 0.3) is 0 Å². The Bertz CT molecular complexity index is 1680. The van der Waals surface area contributed by atoms with E-state index in [9.17, 15) is 24.3 Å². The summed E-state index contributed by atoms with van der Waals surface area (Å²) in [7, 11) is -2.54. The Balaban J connectivity index is 1.74. The Kier molecular flexibility index (Phi) is 9.58. The Labute approximate surface area is 304 Å². The van der Waals surface area contributed by atoms with Crippen molar-refractivity contribution in [2.75, 3.05) is 6.61 Å². The second-order valence-corrected chi connectivity index (χ2v) is 20.3. The molecule has 0 aromatic heterocycles. The maximum atomic E-state index is 15.8. The molecule has 2 saturated heterocycles. The average Bonchev–Trinajstić information content (AvgIpc) is 3.47. The van der Waals surface area contributed by atoms with Crippen LogP contribution < -0.4 is 0 Å². The number of carbonyl (C=O) groups is 5. The van der Waals surface area contributed by atoms with E-state index in [1.165, 1.54) is 13.8 Å². The van der Waals surface area contributed by atoms with Gasteiger partial charge in [-0.25, -0.2) is 9.59 Å². The molecule has 2 unspecified atom stereocenters. The number of esters is 3. The molecule has 1 spiro atoms. The SMILES string of the molecule is CC[Si](CC)(CC)O[C@H]1CC2OC[C@@]2(OC(C)=O)[C@H]2[C@H](OC(=O)c3ccccc3)[C@]34OC(=O)O[C@H]3[C@H](O)C(C)=C(C(OC(C)=O)C(=O)[C@]12C)C4(C)C. The number of Topliss-reactive ketones (excluding diaryl/α,β-unsaturated/α-hetero) is 1. The van der Waals surface area contributed by atoms with Gasteiger partial charge in [0.2, 0.25) is 5.60 Å². The van der Waals surface area contributed by atoms with E-state index >= 15 is 4.79 Å². The molecular weight excluding hydrogens is 692 g/mol. The van der Waals surface area contributed by atoms with Gasteiger partial charge in [-0.1, -0.05) is 52.8 Å². The van der Waals surface area contributed by atoms with Crippen molar-refractivity contribution in [2.45, 2.75) is 135 Å². The predicted octanol–water partition coefficient (Wildman–Crippen LogP) is 4.84. The first-order valence-electron chi connectivity index (χ1n) is 18.2. The largest absolute Gasteiger partial charge is 0.509 e. The van der Waals surface area contributed by atoms with Crippen molar-refractivity contribution in [1.82, 2.24) is 0 Å². The van der Waals surface area contributed by atoms with E-state index in [0.717, 1.165) is 18.1 Å². The molecule has 4 fully saturated rings. The fourth-order valence-corrected chi connectivity index (χ4v) is 13.0. The van der Waals surface area contributed by atoms with E-state index in [2.05, 4.69) is 20.8 Å². The summed E-state index contributed by atoms with van der Waals surface area (Å²) in [5.74, 6) is -4.18. The Morgan fingerprint density at radius 3 is 2.13 bits per heavy atom. The van der Waals surface area contributed by atoms with Crippen LogP contribution in [0.1, 0.15) is 79.1 Å². The lowest BCUT2D eigenvalue weighted by atomic mass is 9.44. The first kappa shape index (κ1) is 38.1. The van der Waals surface area contributed by atoms with E-state index in [4.69, 9.17) is 32.8 Å². The smallest absolute Gasteiger partial charge is 0.454 e. The number of hydrogen-bond acceptors (Lipinski definition) is 13. The van der Waals surface area contributed by atoms with Gasteiger partial charge in [0.15, 0.2) is 38.0 Å². The molecule has 5 aliphatic rings. The number of hydrogen-bond donors (Lipinski definition) is 1. The lowest BCUT2D eigenvalue weighted by Gasteiger charge is -2.68. The number of benzene rings is 1. The Morgan fingerprint density at radius 2 is 1.60 bits per heavy atom. The van der Waals surface area contributed by atoms with E-state index < -0.39 is 103 Å². The van der Waals surface area contributed by atoms with Gasteiger partial charge in [0.25, 0.3) is 0 Å². The van der Waals surface area contributed by atoms with Crippen molar-refractivity contribution < 1.29 is 61.9 Å². The van der Waals surface area contributed by atoms with Gasteiger partial charge in [-0.05, 0) is 55.3 Å². The third kappa shape index (κ3) is 5.22. The Morgan fingerprint density at radius 1 is 0.962 bits per heavy atom. The van der Waals surface area contributed by atoms with Gasteiger partial charge in [0.1, 0.15) is 12.2 Å². The number of carbonyl (C=O) groups excluding carboxylic acids is 5. The van der Waals surface area contributed by atoms with Crippen LogP contribution in [-0.4, -0.2) is 97.7 Å². The normalized spacial score (nSPS) is 37.5. The van der Waals surface area contributed by atoms with Gasteiger partial charge in [-0.3, -0.25) is 14.4 Å². The standard InChI is InChI=1S/C38H50O13Si/c1-10-52(11-2,12-3)51-24-18-25-37(19-45-25,49-22(6)40)29-32(47-33(43)23-16-14-13-15-17-23)38-31(48-34(44)50-38)27(41)20(4)26(35(38,7)8)28(46-21(5)39)30(42)36(24,29)9/h13-17,24-25,27-29,31-32,41H,10-12,18-19H2,1-9H3/t24-,25?,27+,28?,29-,31-,32-,36+,37-,38+/m0/s1. The highest BCUT2D eigenvalue weighted by Crippen LogP contribution is 2.67. The zero-order valence-corrected chi connectivity index (χ0v) is 32.3. The number of ether oxygens (including phenoxy) is 6. The maximum Gasteiger partial charge on any atom is 0.509 e. The quantitative estimate of drug-likeness (QED) is 0.158. The van der Waals surface area contributed by atoms with Crippen LogP contribution in [0.15, 0.2) is 41.5 Å². The Hall–Kier alpha value is -3.59. The van der Waals surface area contributed by atoms with Crippen LogP contribution in [0.4, 0.5) is 4.79 Å². The van der Waals surface area contributed by atoms with Crippen molar-refractivity contribution in [1.29, 1.82) is 0 Å². The molecule has 2 aliphatic heterocycles. The topological polar surface area (TPSA) is 170 Å². The molecule has 284 valence electrons. The van der Waals surface area contributed by atoms with Gasteiger partial charge < -0.3 is 38.0 Å². The summed E-state index contributed by atoms with van der Waals surface area (Å²) in [5, 5.41) is 12.0. The van der Waals surface area contributed by atoms with E-state index in [0.29, 0.717) is 0 Å². The summed E-state index contributed by atoms with van der Waals surface area (Å²) in [6.45, 7) is 15.0. The molecule has 0 radical (unpaired) electrons. The van der Waals surface area contributed by atoms with E-state index in [-0.39, 0.29) is 29.7 Å². The van der Waals surface area contributed by atoms with Gasteiger partial charge in [0.05, 0.1) is 29.6 Å². The zero-order chi connectivity index (χ0) is 38.2. The minimum atomic E-state index is -2.54. The molecule has 3 aliphatic carbocycles. The molecule has 1 aromatic rings. The van der Waals surface area contributed by atoms with Gasteiger partial charge in [0, 0.05) is 25.7 Å². The second-order valence-electron chi connectivity index (χ2n) is 15.6. The average molecular weight is 743 g/mol. The van der Waals surface area contributed by atoms with Crippen molar-refractivity contribution in [3.8, 4) is 0 Å². The van der Waals surface area contributed by atoms with Crippen molar-refractivity contribution in [3.63, 3.8) is 0 Å². The number of aliphatic hydroxyl groups excluding tert-OH is 1. The van der Waals surface area contributed by atoms with Crippen LogP contribution in [0.5, 0.6) is 0 Å². The zero-order valence-electron chi connectivity index (χ0n) is 31.3. The molecular formula is C38H50O13Si. The maximum absolute atomic E-state index is 15.8. The first-order chi connectivity index (χ1) is 24.4. The van der Waals surface area contributed by atoms with Crippen molar-refractivity contribution >= 4 is 38.2 Å². The molecule has 2 bridgehead atoms.